The molecule has 0 atom stereocenters. The normalized spacial score (nSPS) is 10.8. The third-order valence-corrected chi connectivity index (χ3v) is 3.74. The van der Waals surface area contributed by atoms with Crippen LogP contribution in [-0.2, 0) is 13.6 Å². The first-order valence-electron chi connectivity index (χ1n) is 6.70. The average Bonchev–Trinajstić information content (AvgIpc) is 2.65. The van der Waals surface area contributed by atoms with Crippen molar-refractivity contribution >= 4 is 15.9 Å². The lowest BCUT2D eigenvalue weighted by atomic mass is 10.2. The second-order valence-electron chi connectivity index (χ2n) is 4.76. The molecule has 0 unspecified atom stereocenters. The molecule has 0 fully saturated rings. The van der Waals surface area contributed by atoms with E-state index in [1.165, 1.54) is 0 Å². The topological polar surface area (TPSA) is 39.1 Å². The van der Waals surface area contributed by atoms with Crippen molar-refractivity contribution in [3.8, 4) is 11.5 Å². The van der Waals surface area contributed by atoms with Crippen LogP contribution in [-0.4, -0.2) is 16.3 Å². The highest BCUT2D eigenvalue weighted by Crippen LogP contribution is 2.31. The summed E-state index contributed by atoms with van der Waals surface area (Å²) in [5, 5.41) is 7.71. The largest absolute Gasteiger partial charge is 0.453 e. The zero-order chi connectivity index (χ0) is 14.7. The van der Waals surface area contributed by atoms with E-state index in [1.807, 2.05) is 37.7 Å². The standard InChI is InChI=1S/C15H20BrN3O/c1-5-17-9-12-8-13(16)6-7-14(12)20-15-10(2)18-19(4)11(15)3/h6-8,17H,5,9H2,1-4H3. The van der Waals surface area contributed by atoms with E-state index in [1.54, 1.807) is 0 Å². The maximum Gasteiger partial charge on any atom is 0.171 e. The molecule has 2 aromatic rings. The van der Waals surface area contributed by atoms with Crippen LogP contribution in [0.25, 0.3) is 0 Å². The van der Waals surface area contributed by atoms with E-state index in [0.29, 0.717) is 0 Å². The van der Waals surface area contributed by atoms with Crippen LogP contribution < -0.4 is 10.1 Å². The Labute approximate surface area is 128 Å². The van der Waals surface area contributed by atoms with Gasteiger partial charge in [-0.15, -0.1) is 0 Å². The SMILES string of the molecule is CCNCc1cc(Br)ccc1Oc1c(C)nn(C)c1C. The van der Waals surface area contributed by atoms with Crippen LogP contribution in [0.15, 0.2) is 22.7 Å². The lowest BCUT2D eigenvalue weighted by Crippen LogP contribution is -2.12. The van der Waals surface area contributed by atoms with E-state index in [0.717, 1.165) is 46.0 Å². The fourth-order valence-corrected chi connectivity index (χ4v) is 2.47. The number of nitrogens with one attached hydrogen (secondary N) is 1. The van der Waals surface area contributed by atoms with Crippen molar-refractivity contribution in [1.82, 2.24) is 15.1 Å². The fraction of sp³-hybridized carbons (Fsp3) is 0.400. The number of rotatable bonds is 5. The van der Waals surface area contributed by atoms with Crippen LogP contribution in [0.5, 0.6) is 11.5 Å². The lowest BCUT2D eigenvalue weighted by Gasteiger charge is -2.12. The number of hydrogen-bond acceptors (Lipinski definition) is 3. The predicted molar refractivity (Wildman–Crippen MR) is 84.3 cm³/mol. The summed E-state index contributed by atoms with van der Waals surface area (Å²) >= 11 is 3.51. The summed E-state index contributed by atoms with van der Waals surface area (Å²) in [6, 6.07) is 6.06. The molecule has 0 aliphatic heterocycles. The molecule has 20 heavy (non-hydrogen) atoms. The van der Waals surface area contributed by atoms with Crippen LogP contribution in [0.2, 0.25) is 0 Å². The maximum absolute atomic E-state index is 6.10. The van der Waals surface area contributed by atoms with Crippen molar-refractivity contribution in [3.63, 3.8) is 0 Å². The summed E-state index contributed by atoms with van der Waals surface area (Å²) in [5.74, 6) is 1.71. The highest BCUT2D eigenvalue weighted by Gasteiger charge is 2.13. The minimum Gasteiger partial charge on any atom is -0.453 e. The van der Waals surface area contributed by atoms with Crippen LogP contribution in [0.1, 0.15) is 23.9 Å². The quantitative estimate of drug-likeness (QED) is 0.904. The number of ether oxygens (including phenoxy) is 1. The molecule has 0 bridgehead atoms. The molecule has 0 aliphatic rings. The molecule has 1 aromatic carbocycles. The first-order valence-corrected chi connectivity index (χ1v) is 7.49. The number of aromatic nitrogens is 2. The third-order valence-electron chi connectivity index (χ3n) is 3.24. The summed E-state index contributed by atoms with van der Waals surface area (Å²) in [5.41, 5.74) is 3.06. The van der Waals surface area contributed by atoms with Crippen molar-refractivity contribution < 1.29 is 4.74 Å². The van der Waals surface area contributed by atoms with Crippen molar-refractivity contribution in [2.24, 2.45) is 7.05 Å². The summed E-state index contributed by atoms with van der Waals surface area (Å²) in [4.78, 5) is 0. The Kier molecular flexibility index (Phi) is 4.83. The molecule has 1 N–H and O–H groups in total. The summed E-state index contributed by atoms with van der Waals surface area (Å²) in [7, 11) is 1.93. The molecule has 0 saturated heterocycles. The van der Waals surface area contributed by atoms with Crippen LogP contribution in [0.3, 0.4) is 0 Å². The van der Waals surface area contributed by atoms with E-state index >= 15 is 0 Å². The molecule has 4 nitrogen and oxygen atoms in total. The van der Waals surface area contributed by atoms with Crippen LogP contribution >= 0.6 is 15.9 Å². The van der Waals surface area contributed by atoms with E-state index in [9.17, 15) is 0 Å². The molecular formula is C15H20BrN3O. The van der Waals surface area contributed by atoms with Crippen LogP contribution in [0, 0.1) is 13.8 Å². The molecule has 0 amide bonds. The van der Waals surface area contributed by atoms with Gasteiger partial charge >= 0.3 is 0 Å². The van der Waals surface area contributed by atoms with Gasteiger partial charge in [0.2, 0.25) is 0 Å². The highest BCUT2D eigenvalue weighted by atomic mass is 79.9. The highest BCUT2D eigenvalue weighted by molar-refractivity contribution is 9.10. The second-order valence-corrected chi connectivity index (χ2v) is 5.67. The Bertz CT molecular complexity index is 607. The van der Waals surface area contributed by atoms with Gasteiger partial charge in [0.1, 0.15) is 11.4 Å². The van der Waals surface area contributed by atoms with Gasteiger partial charge in [0.25, 0.3) is 0 Å². The van der Waals surface area contributed by atoms with Crippen molar-refractivity contribution in [2.75, 3.05) is 6.54 Å². The van der Waals surface area contributed by atoms with Gasteiger partial charge in [-0.05, 0) is 38.6 Å². The third kappa shape index (κ3) is 3.22. The Hall–Kier alpha value is -1.33. The summed E-state index contributed by atoms with van der Waals surface area (Å²) < 4.78 is 8.99. The van der Waals surface area contributed by atoms with Gasteiger partial charge in [0.15, 0.2) is 5.75 Å². The summed E-state index contributed by atoms with van der Waals surface area (Å²) in [6.07, 6.45) is 0. The number of hydrogen-bond donors (Lipinski definition) is 1. The Morgan fingerprint density at radius 1 is 1.35 bits per heavy atom. The van der Waals surface area contributed by atoms with Crippen molar-refractivity contribution in [3.05, 3.63) is 39.6 Å². The fourth-order valence-electron chi connectivity index (χ4n) is 2.06. The molecule has 0 radical (unpaired) electrons. The zero-order valence-electron chi connectivity index (χ0n) is 12.3. The molecule has 0 saturated carbocycles. The Morgan fingerprint density at radius 3 is 2.70 bits per heavy atom. The molecular weight excluding hydrogens is 318 g/mol. The molecule has 0 spiro atoms. The van der Waals surface area contributed by atoms with Gasteiger partial charge in [-0.3, -0.25) is 4.68 Å². The smallest absolute Gasteiger partial charge is 0.171 e. The van der Waals surface area contributed by atoms with Crippen LogP contribution in [0.4, 0.5) is 0 Å². The maximum atomic E-state index is 6.10. The van der Waals surface area contributed by atoms with Crippen molar-refractivity contribution in [2.45, 2.75) is 27.3 Å². The van der Waals surface area contributed by atoms with Gasteiger partial charge in [-0.25, -0.2) is 0 Å². The first-order chi connectivity index (χ1) is 9.52. The number of benzene rings is 1. The van der Waals surface area contributed by atoms with Gasteiger partial charge in [0, 0.05) is 23.6 Å². The minimum absolute atomic E-state index is 0.781. The average molecular weight is 338 g/mol. The molecule has 1 aromatic heterocycles. The zero-order valence-corrected chi connectivity index (χ0v) is 13.9. The molecule has 1 heterocycles. The lowest BCUT2D eigenvalue weighted by molar-refractivity contribution is 0.465. The molecule has 2 rings (SSSR count). The minimum atomic E-state index is 0.781. The molecule has 5 heteroatoms. The van der Waals surface area contributed by atoms with E-state index in [-0.39, 0.29) is 0 Å². The number of nitrogens with zero attached hydrogens (tertiary/aromatic N) is 2. The predicted octanol–water partition coefficient (Wildman–Crippen LogP) is 3.70. The Morgan fingerprint density at radius 2 is 2.10 bits per heavy atom. The van der Waals surface area contributed by atoms with E-state index in [2.05, 4.69) is 39.3 Å². The van der Waals surface area contributed by atoms with Crippen molar-refractivity contribution in [1.29, 1.82) is 0 Å². The number of halogens is 1. The monoisotopic (exact) mass is 337 g/mol. The first kappa shape index (κ1) is 15.1. The second kappa shape index (κ2) is 6.41. The van der Waals surface area contributed by atoms with Gasteiger partial charge in [0.05, 0.1) is 5.69 Å². The Balaban J connectivity index is 2.32. The van der Waals surface area contributed by atoms with E-state index in [4.69, 9.17) is 4.74 Å². The summed E-state index contributed by atoms with van der Waals surface area (Å²) in [6.45, 7) is 7.78. The van der Waals surface area contributed by atoms with Gasteiger partial charge in [-0.1, -0.05) is 22.9 Å². The van der Waals surface area contributed by atoms with E-state index < -0.39 is 0 Å². The van der Waals surface area contributed by atoms with Gasteiger partial charge in [-0.2, -0.15) is 5.10 Å². The number of aryl methyl sites for hydroxylation is 2. The van der Waals surface area contributed by atoms with Gasteiger partial charge < -0.3 is 10.1 Å². The molecule has 108 valence electrons. The molecule has 0 aliphatic carbocycles.